The summed E-state index contributed by atoms with van der Waals surface area (Å²) >= 11 is 0. The van der Waals surface area contributed by atoms with E-state index in [-0.39, 0.29) is 11.3 Å². The van der Waals surface area contributed by atoms with Crippen LogP contribution in [0.1, 0.15) is 50.7 Å². The van der Waals surface area contributed by atoms with Crippen LogP contribution in [0.25, 0.3) is 16.8 Å². The second-order valence-electron chi connectivity index (χ2n) is 11.3. The Bertz CT molecular complexity index is 1570. The van der Waals surface area contributed by atoms with E-state index in [9.17, 15) is 4.79 Å². The highest BCUT2D eigenvalue weighted by Crippen LogP contribution is 2.42. The lowest BCUT2D eigenvalue weighted by Gasteiger charge is -2.17. The van der Waals surface area contributed by atoms with E-state index in [1.807, 2.05) is 18.2 Å². The molecule has 0 saturated carbocycles. The Morgan fingerprint density at radius 3 is 2.41 bits per heavy atom. The molecule has 210 valence electrons. The Hall–Kier alpha value is -4.22. The number of fused-ring (bicyclic) bond motifs is 2. The predicted molar refractivity (Wildman–Crippen MR) is 173 cm³/mol. The minimum atomic E-state index is -0.167. The number of nitrogens with two attached hydrogens (primary N) is 1. The van der Waals surface area contributed by atoms with Crippen molar-refractivity contribution in [2.45, 2.75) is 44.9 Å². The Labute approximate surface area is 243 Å². The topological polar surface area (TPSA) is 70.2 Å². The Balaban J connectivity index is 1.39. The summed E-state index contributed by atoms with van der Waals surface area (Å²) in [4.78, 5) is 12.0. The third-order valence-corrected chi connectivity index (χ3v) is 7.91. The number of carbonyl (C=O) groups excluding carboxylic acids is 1. The maximum absolute atomic E-state index is 12.0. The van der Waals surface area contributed by atoms with Gasteiger partial charge in [-0.25, -0.2) is 0 Å². The van der Waals surface area contributed by atoms with Crippen LogP contribution in [-0.4, -0.2) is 35.8 Å². The van der Waals surface area contributed by atoms with Crippen LogP contribution in [0.5, 0.6) is 0 Å². The average molecular weight is 546 g/mol. The van der Waals surface area contributed by atoms with E-state index in [1.54, 1.807) is 0 Å². The Morgan fingerprint density at radius 1 is 0.829 bits per heavy atom. The second-order valence-corrected chi connectivity index (χ2v) is 11.3. The van der Waals surface area contributed by atoms with Gasteiger partial charge in [-0.3, -0.25) is 4.79 Å². The van der Waals surface area contributed by atoms with Crippen molar-refractivity contribution in [1.82, 2.24) is 5.32 Å². The number of benzene rings is 4. The number of amides is 1. The molecule has 0 spiro atoms. The molecule has 0 fully saturated rings. The fraction of sp³-hybridized carbons (Fsp3) is 0.278. The molecule has 5 rings (SSSR count). The van der Waals surface area contributed by atoms with E-state index in [0.29, 0.717) is 19.5 Å². The van der Waals surface area contributed by atoms with Gasteiger partial charge in [0.25, 0.3) is 0 Å². The number of allylic oxidation sites excluding steroid dienone is 1. The van der Waals surface area contributed by atoms with Gasteiger partial charge in [-0.05, 0) is 79.4 Å². The van der Waals surface area contributed by atoms with Crippen LogP contribution in [0.3, 0.4) is 0 Å². The van der Waals surface area contributed by atoms with Crippen molar-refractivity contribution in [3.05, 3.63) is 108 Å². The van der Waals surface area contributed by atoms with Crippen molar-refractivity contribution in [2.75, 3.05) is 25.0 Å². The first-order valence-electron chi connectivity index (χ1n) is 14.7. The van der Waals surface area contributed by atoms with Gasteiger partial charge in [0.2, 0.25) is 11.6 Å². The molecule has 5 nitrogen and oxygen atoms in total. The van der Waals surface area contributed by atoms with Crippen LogP contribution in [0.4, 0.5) is 17.1 Å². The van der Waals surface area contributed by atoms with Gasteiger partial charge in [0, 0.05) is 55.0 Å². The fourth-order valence-corrected chi connectivity index (χ4v) is 5.70. The Kier molecular flexibility index (Phi) is 8.95. The first kappa shape index (κ1) is 28.3. The molecule has 0 bridgehead atoms. The number of hydrogen-bond acceptors (Lipinski definition) is 3. The molecule has 4 N–H and O–H groups in total. The number of hydrogen-bond donors (Lipinski definition) is 3. The van der Waals surface area contributed by atoms with E-state index < -0.39 is 0 Å². The van der Waals surface area contributed by atoms with Gasteiger partial charge in [-0.1, -0.05) is 54.6 Å². The molecule has 0 radical (unpaired) electrons. The minimum Gasteiger partial charge on any atom is -0.356 e. The Morgan fingerprint density at radius 2 is 1.61 bits per heavy atom. The maximum atomic E-state index is 12.0. The van der Waals surface area contributed by atoms with E-state index in [1.165, 1.54) is 33.3 Å². The molecule has 1 heterocycles. The quantitative estimate of drug-likeness (QED) is 0.129. The molecule has 0 aliphatic carbocycles. The van der Waals surface area contributed by atoms with Crippen LogP contribution in [-0.2, 0) is 10.2 Å². The number of nitrogens with zero attached hydrogens (tertiary/aromatic N) is 1. The summed E-state index contributed by atoms with van der Waals surface area (Å²) < 4.78 is 2.48. The fourth-order valence-electron chi connectivity index (χ4n) is 5.70. The molecule has 1 amide bonds. The summed E-state index contributed by atoms with van der Waals surface area (Å²) in [6.07, 6.45) is 7.98. The lowest BCUT2D eigenvalue weighted by Crippen LogP contribution is -2.28. The second kappa shape index (κ2) is 13.0. The van der Waals surface area contributed by atoms with Gasteiger partial charge in [-0.2, -0.15) is 4.58 Å². The number of nitrogens with one attached hydrogen (secondary N) is 2. The summed E-state index contributed by atoms with van der Waals surface area (Å²) in [6, 6.07) is 32.2. The summed E-state index contributed by atoms with van der Waals surface area (Å²) in [6.45, 7) is 6.56. The molecular weight excluding hydrogens is 504 g/mol. The first-order valence-corrected chi connectivity index (χ1v) is 14.7. The number of para-hydroxylation sites is 1. The van der Waals surface area contributed by atoms with Crippen molar-refractivity contribution in [3.8, 4) is 0 Å². The summed E-state index contributed by atoms with van der Waals surface area (Å²) in [5.41, 5.74) is 12.6. The third-order valence-electron chi connectivity index (χ3n) is 7.91. The standard InChI is InChI=1S/C36H40N4O/c1-36(2)32-26-31(39-30-13-5-3-6-14-30)19-20-33(32)40(24-10-4-7-15-35(41)38-23-22-37)34(36)21-17-27-16-18-28-11-8-9-12-29(28)25-27/h3,5-6,8-9,11-14,16-21,25-26,39H,4,7,10,15,22-24,37H2,1-2H3/p+1/b21-17+. The van der Waals surface area contributed by atoms with Gasteiger partial charge in [0.1, 0.15) is 6.54 Å². The lowest BCUT2D eigenvalue weighted by molar-refractivity contribution is -0.438. The molecule has 0 aromatic heterocycles. The summed E-state index contributed by atoms with van der Waals surface area (Å²) in [7, 11) is 0. The van der Waals surface area contributed by atoms with Crippen LogP contribution in [0.15, 0.2) is 97.1 Å². The van der Waals surface area contributed by atoms with Crippen LogP contribution < -0.4 is 16.4 Å². The van der Waals surface area contributed by atoms with E-state index >= 15 is 0 Å². The van der Waals surface area contributed by atoms with Crippen molar-refractivity contribution in [2.24, 2.45) is 5.73 Å². The molecule has 1 aliphatic rings. The smallest absolute Gasteiger partial charge is 0.220 e. The van der Waals surface area contributed by atoms with Gasteiger partial charge in [0.15, 0.2) is 5.71 Å². The zero-order valence-corrected chi connectivity index (χ0v) is 24.2. The molecule has 5 heteroatoms. The van der Waals surface area contributed by atoms with Crippen molar-refractivity contribution < 1.29 is 9.37 Å². The van der Waals surface area contributed by atoms with Crippen molar-refractivity contribution in [1.29, 1.82) is 0 Å². The SMILES string of the molecule is CC1(C)C(/C=C/c2ccc3ccccc3c2)=[N+](CCCCCC(=O)NCCN)c2ccc(Nc3ccccc3)cc21. The molecule has 0 saturated heterocycles. The van der Waals surface area contributed by atoms with Crippen LogP contribution in [0.2, 0.25) is 0 Å². The van der Waals surface area contributed by atoms with E-state index in [2.05, 4.69) is 114 Å². The number of unbranched alkanes of at least 4 members (excludes halogenated alkanes) is 2. The van der Waals surface area contributed by atoms with E-state index in [4.69, 9.17) is 5.73 Å². The molecule has 0 unspecified atom stereocenters. The van der Waals surface area contributed by atoms with Crippen molar-refractivity contribution in [3.63, 3.8) is 0 Å². The monoisotopic (exact) mass is 545 g/mol. The lowest BCUT2D eigenvalue weighted by atomic mass is 9.81. The summed E-state index contributed by atoms with van der Waals surface area (Å²) in [5.74, 6) is 0.0899. The molecule has 4 aromatic carbocycles. The molecule has 1 aliphatic heterocycles. The van der Waals surface area contributed by atoms with Crippen LogP contribution >= 0.6 is 0 Å². The summed E-state index contributed by atoms with van der Waals surface area (Å²) in [5, 5.41) is 8.94. The van der Waals surface area contributed by atoms with E-state index in [0.717, 1.165) is 37.2 Å². The van der Waals surface area contributed by atoms with Gasteiger partial charge in [-0.15, -0.1) is 0 Å². The highest BCUT2D eigenvalue weighted by molar-refractivity contribution is 6.05. The minimum absolute atomic E-state index is 0.0899. The van der Waals surface area contributed by atoms with Gasteiger partial charge >= 0.3 is 0 Å². The highest BCUT2D eigenvalue weighted by atomic mass is 16.1. The first-order chi connectivity index (χ1) is 20.0. The maximum Gasteiger partial charge on any atom is 0.220 e. The molecule has 0 atom stereocenters. The van der Waals surface area contributed by atoms with Gasteiger partial charge in [0.05, 0.1) is 5.41 Å². The van der Waals surface area contributed by atoms with Crippen LogP contribution in [0, 0.1) is 0 Å². The number of rotatable bonds is 12. The molecule has 4 aromatic rings. The van der Waals surface area contributed by atoms with Gasteiger partial charge < -0.3 is 16.4 Å². The normalized spacial score (nSPS) is 14.0. The number of carbonyl (C=O) groups is 1. The largest absolute Gasteiger partial charge is 0.356 e. The average Bonchev–Trinajstić information content (AvgIpc) is 3.20. The zero-order chi connectivity index (χ0) is 28.7. The molecular formula is C36H41N4O+. The third kappa shape index (κ3) is 6.75. The highest BCUT2D eigenvalue weighted by Gasteiger charge is 2.44. The molecule has 41 heavy (non-hydrogen) atoms. The number of anilines is 2. The zero-order valence-electron chi connectivity index (χ0n) is 24.2. The predicted octanol–water partition coefficient (Wildman–Crippen LogP) is 7.31. The van der Waals surface area contributed by atoms with Crippen molar-refractivity contribution >= 4 is 45.5 Å².